The summed E-state index contributed by atoms with van der Waals surface area (Å²) in [7, 11) is 0. The number of carbonyl (C=O) groups is 1. The highest BCUT2D eigenvalue weighted by Crippen LogP contribution is 2.31. The van der Waals surface area contributed by atoms with Gasteiger partial charge in [0.05, 0.1) is 6.54 Å². The Morgan fingerprint density at radius 3 is 2.57 bits per heavy atom. The van der Waals surface area contributed by atoms with Crippen LogP contribution in [0.2, 0.25) is 0 Å². The SMILES string of the molecule is O=C(S)N(C[C@H]1CS1)N1CCCCC1. The first-order valence-electron chi connectivity index (χ1n) is 5.14. The molecule has 1 atom stereocenters. The molecule has 0 aromatic rings. The fraction of sp³-hybridized carbons (Fsp3) is 0.889. The Labute approximate surface area is 94.6 Å². The molecule has 0 bridgehead atoms. The fourth-order valence-electron chi connectivity index (χ4n) is 1.80. The largest absolute Gasteiger partial charge is 0.292 e. The second kappa shape index (κ2) is 4.77. The van der Waals surface area contributed by atoms with E-state index in [1.165, 1.54) is 25.0 Å². The zero-order valence-corrected chi connectivity index (χ0v) is 9.90. The van der Waals surface area contributed by atoms with Crippen LogP contribution in [0.1, 0.15) is 19.3 Å². The van der Waals surface area contributed by atoms with E-state index in [-0.39, 0.29) is 5.24 Å². The van der Waals surface area contributed by atoms with E-state index in [0.717, 1.165) is 19.6 Å². The molecule has 2 saturated heterocycles. The lowest BCUT2D eigenvalue weighted by Crippen LogP contribution is -2.48. The van der Waals surface area contributed by atoms with Gasteiger partial charge in [-0.05, 0) is 12.8 Å². The molecule has 5 heteroatoms. The summed E-state index contributed by atoms with van der Waals surface area (Å²) < 4.78 is 0. The monoisotopic (exact) mass is 232 g/mol. The highest BCUT2D eigenvalue weighted by atomic mass is 32.2. The molecule has 80 valence electrons. The molecule has 0 aromatic heterocycles. The van der Waals surface area contributed by atoms with Crippen LogP contribution in [0.3, 0.4) is 0 Å². The first kappa shape index (κ1) is 10.6. The lowest BCUT2D eigenvalue weighted by Gasteiger charge is -2.36. The Morgan fingerprint density at radius 1 is 1.43 bits per heavy atom. The lowest BCUT2D eigenvalue weighted by molar-refractivity contribution is 0.0117. The molecule has 0 unspecified atom stereocenters. The van der Waals surface area contributed by atoms with Gasteiger partial charge in [0.1, 0.15) is 0 Å². The summed E-state index contributed by atoms with van der Waals surface area (Å²) in [5.41, 5.74) is 0. The van der Waals surface area contributed by atoms with Crippen LogP contribution in [0.5, 0.6) is 0 Å². The summed E-state index contributed by atoms with van der Waals surface area (Å²) in [5.74, 6) is 1.20. The van der Waals surface area contributed by atoms with E-state index < -0.39 is 0 Å². The van der Waals surface area contributed by atoms with Crippen LogP contribution in [0.15, 0.2) is 0 Å². The maximum atomic E-state index is 11.3. The van der Waals surface area contributed by atoms with Gasteiger partial charge in [-0.25, -0.2) is 5.01 Å². The number of hydrazine groups is 1. The van der Waals surface area contributed by atoms with Gasteiger partial charge in [-0.2, -0.15) is 11.8 Å². The summed E-state index contributed by atoms with van der Waals surface area (Å²) in [6.07, 6.45) is 3.70. The number of thioether (sulfide) groups is 1. The third-order valence-corrected chi connectivity index (χ3v) is 3.86. The van der Waals surface area contributed by atoms with E-state index in [1.54, 1.807) is 0 Å². The number of hydrogen-bond donors (Lipinski definition) is 1. The normalized spacial score (nSPS) is 27.4. The second-order valence-electron chi connectivity index (χ2n) is 3.83. The van der Waals surface area contributed by atoms with E-state index in [2.05, 4.69) is 17.6 Å². The third-order valence-electron chi connectivity index (χ3n) is 2.67. The van der Waals surface area contributed by atoms with E-state index in [1.807, 2.05) is 16.8 Å². The number of piperidine rings is 1. The number of hydrogen-bond acceptors (Lipinski definition) is 3. The van der Waals surface area contributed by atoms with Gasteiger partial charge in [0.15, 0.2) is 0 Å². The van der Waals surface area contributed by atoms with Crippen molar-refractivity contribution < 1.29 is 4.79 Å². The zero-order valence-electron chi connectivity index (χ0n) is 8.19. The van der Waals surface area contributed by atoms with Crippen LogP contribution < -0.4 is 0 Å². The first-order valence-corrected chi connectivity index (χ1v) is 6.64. The summed E-state index contributed by atoms with van der Waals surface area (Å²) >= 11 is 5.87. The van der Waals surface area contributed by atoms with Crippen molar-refractivity contribution in [3.8, 4) is 0 Å². The average molecular weight is 232 g/mol. The highest BCUT2D eigenvalue weighted by Gasteiger charge is 2.30. The van der Waals surface area contributed by atoms with E-state index >= 15 is 0 Å². The summed E-state index contributed by atoms with van der Waals surface area (Å²) in [6, 6.07) is 0. The fourth-order valence-corrected chi connectivity index (χ4v) is 2.50. The van der Waals surface area contributed by atoms with Gasteiger partial charge in [0, 0.05) is 24.1 Å². The Bertz CT molecular complexity index is 215. The number of amides is 1. The van der Waals surface area contributed by atoms with Crippen molar-refractivity contribution >= 4 is 29.6 Å². The van der Waals surface area contributed by atoms with E-state index in [9.17, 15) is 4.79 Å². The molecule has 3 nitrogen and oxygen atoms in total. The Balaban J connectivity index is 1.89. The van der Waals surface area contributed by atoms with Crippen molar-refractivity contribution in [2.24, 2.45) is 0 Å². The third kappa shape index (κ3) is 2.81. The van der Waals surface area contributed by atoms with Crippen LogP contribution in [0.25, 0.3) is 0 Å². The molecule has 2 heterocycles. The molecule has 0 N–H and O–H groups in total. The van der Waals surface area contributed by atoms with Crippen molar-refractivity contribution in [2.45, 2.75) is 24.5 Å². The number of rotatable bonds is 3. The molecular weight excluding hydrogens is 216 g/mol. The van der Waals surface area contributed by atoms with E-state index in [4.69, 9.17) is 0 Å². The molecule has 2 fully saturated rings. The van der Waals surface area contributed by atoms with Gasteiger partial charge in [0.25, 0.3) is 5.24 Å². The van der Waals surface area contributed by atoms with Crippen molar-refractivity contribution in [3.05, 3.63) is 0 Å². The van der Waals surface area contributed by atoms with Crippen LogP contribution in [-0.4, -0.2) is 45.9 Å². The lowest BCUT2D eigenvalue weighted by atomic mass is 10.2. The maximum Gasteiger partial charge on any atom is 0.292 e. The molecule has 1 amide bonds. The molecule has 2 aliphatic rings. The second-order valence-corrected chi connectivity index (χ2v) is 5.55. The predicted octanol–water partition coefficient (Wildman–Crippen LogP) is 1.85. The van der Waals surface area contributed by atoms with Crippen molar-refractivity contribution in [1.29, 1.82) is 0 Å². The van der Waals surface area contributed by atoms with Gasteiger partial charge in [-0.1, -0.05) is 19.0 Å². The molecule has 2 aliphatic heterocycles. The Kier molecular flexibility index (Phi) is 3.62. The number of thiol groups is 1. The zero-order chi connectivity index (χ0) is 9.97. The van der Waals surface area contributed by atoms with Gasteiger partial charge in [-0.3, -0.25) is 9.80 Å². The molecule has 14 heavy (non-hydrogen) atoms. The van der Waals surface area contributed by atoms with Gasteiger partial charge < -0.3 is 0 Å². The molecule has 0 saturated carbocycles. The summed E-state index contributed by atoms with van der Waals surface area (Å²) in [5, 5.41) is 4.55. The molecule has 0 spiro atoms. The first-order chi connectivity index (χ1) is 6.77. The predicted molar refractivity (Wildman–Crippen MR) is 62.8 cm³/mol. The number of carbonyl (C=O) groups excluding carboxylic acids is 1. The van der Waals surface area contributed by atoms with E-state index in [0.29, 0.717) is 5.25 Å². The average Bonchev–Trinajstić information content (AvgIpc) is 2.99. The smallest absolute Gasteiger partial charge is 0.265 e. The van der Waals surface area contributed by atoms with Crippen LogP contribution in [-0.2, 0) is 0 Å². The standard InChI is InChI=1S/C9H16N2OS2/c12-9(13)11(6-8-7-14-8)10-4-2-1-3-5-10/h8H,1-7H2,(H,12,13)/t8-/m0/s1. The van der Waals surface area contributed by atoms with Crippen LogP contribution in [0.4, 0.5) is 4.79 Å². The van der Waals surface area contributed by atoms with Crippen LogP contribution >= 0.6 is 24.4 Å². The van der Waals surface area contributed by atoms with Crippen molar-refractivity contribution in [1.82, 2.24) is 10.0 Å². The van der Waals surface area contributed by atoms with Crippen molar-refractivity contribution in [3.63, 3.8) is 0 Å². The van der Waals surface area contributed by atoms with Crippen molar-refractivity contribution in [2.75, 3.05) is 25.4 Å². The molecule has 0 radical (unpaired) electrons. The minimum absolute atomic E-state index is 0.0978. The van der Waals surface area contributed by atoms with Crippen LogP contribution in [0, 0.1) is 0 Å². The Morgan fingerprint density at radius 2 is 2.07 bits per heavy atom. The minimum Gasteiger partial charge on any atom is -0.265 e. The molecule has 0 aliphatic carbocycles. The number of nitrogens with zero attached hydrogens (tertiary/aromatic N) is 2. The minimum atomic E-state index is -0.0978. The maximum absolute atomic E-state index is 11.3. The molecule has 2 rings (SSSR count). The Hall–Kier alpha value is 0.130. The van der Waals surface area contributed by atoms with Gasteiger partial charge >= 0.3 is 0 Å². The summed E-state index contributed by atoms with van der Waals surface area (Å²) in [6.45, 7) is 2.89. The molecular formula is C9H16N2OS2. The van der Waals surface area contributed by atoms with Gasteiger partial charge in [0.2, 0.25) is 0 Å². The van der Waals surface area contributed by atoms with Gasteiger partial charge in [-0.15, -0.1) is 0 Å². The summed E-state index contributed by atoms with van der Waals surface area (Å²) in [4.78, 5) is 11.3. The molecule has 0 aromatic carbocycles. The topological polar surface area (TPSA) is 23.6 Å². The highest BCUT2D eigenvalue weighted by molar-refractivity contribution is 8.06. The quantitative estimate of drug-likeness (QED) is 0.593.